The van der Waals surface area contributed by atoms with Crippen molar-refractivity contribution in [3.8, 4) is 0 Å². The number of carbonyl (C=O) groups excluding carboxylic acids is 1. The van der Waals surface area contributed by atoms with Crippen molar-refractivity contribution in [2.45, 2.75) is 59.0 Å². The van der Waals surface area contributed by atoms with Crippen LogP contribution in [0.25, 0.3) is 0 Å². The van der Waals surface area contributed by atoms with Gasteiger partial charge in [0.1, 0.15) is 0 Å². The fourth-order valence-electron chi connectivity index (χ4n) is 1.45. The second-order valence-corrected chi connectivity index (χ2v) is 5.78. The number of rotatable bonds is 10. The molecule has 1 amide bonds. The van der Waals surface area contributed by atoms with Crippen molar-refractivity contribution in [3.05, 3.63) is 0 Å². The van der Waals surface area contributed by atoms with E-state index in [1.165, 1.54) is 0 Å². The SMILES string of the molecule is CC(C)CCOC(C)(C)CCNC(=O)CCC(=O)O. The molecule has 0 aromatic carbocycles. The van der Waals surface area contributed by atoms with Crippen LogP contribution in [0.3, 0.4) is 0 Å². The van der Waals surface area contributed by atoms with Crippen LogP contribution in [0.4, 0.5) is 0 Å². The summed E-state index contributed by atoms with van der Waals surface area (Å²) in [7, 11) is 0. The Morgan fingerprint density at radius 1 is 1.26 bits per heavy atom. The van der Waals surface area contributed by atoms with E-state index in [1.54, 1.807) is 0 Å². The van der Waals surface area contributed by atoms with Crippen LogP contribution in [0.2, 0.25) is 0 Å². The quantitative estimate of drug-likeness (QED) is 0.640. The maximum absolute atomic E-state index is 11.3. The topological polar surface area (TPSA) is 75.6 Å². The van der Waals surface area contributed by atoms with Crippen LogP contribution in [0.1, 0.15) is 53.4 Å². The molecule has 0 fully saturated rings. The predicted molar refractivity (Wildman–Crippen MR) is 74.0 cm³/mol. The van der Waals surface area contributed by atoms with Gasteiger partial charge in [0.25, 0.3) is 0 Å². The van der Waals surface area contributed by atoms with Crippen molar-refractivity contribution in [1.29, 1.82) is 0 Å². The molecule has 0 saturated carbocycles. The maximum Gasteiger partial charge on any atom is 0.303 e. The minimum atomic E-state index is -0.951. The molecule has 0 radical (unpaired) electrons. The van der Waals surface area contributed by atoms with Crippen molar-refractivity contribution in [1.82, 2.24) is 5.32 Å². The number of carboxylic acid groups (broad SMARTS) is 1. The number of carbonyl (C=O) groups is 2. The molecule has 112 valence electrons. The first-order valence-corrected chi connectivity index (χ1v) is 6.85. The van der Waals surface area contributed by atoms with E-state index >= 15 is 0 Å². The number of carboxylic acids is 1. The van der Waals surface area contributed by atoms with Crippen LogP contribution in [0.5, 0.6) is 0 Å². The third kappa shape index (κ3) is 11.7. The normalized spacial score (nSPS) is 11.6. The minimum absolute atomic E-state index is 0.0317. The highest BCUT2D eigenvalue weighted by Crippen LogP contribution is 2.15. The zero-order valence-electron chi connectivity index (χ0n) is 12.5. The first-order chi connectivity index (χ1) is 8.73. The summed E-state index contributed by atoms with van der Waals surface area (Å²) >= 11 is 0. The van der Waals surface area contributed by atoms with Crippen LogP contribution in [-0.2, 0) is 14.3 Å². The molecule has 0 unspecified atom stereocenters. The number of ether oxygens (including phenoxy) is 1. The molecule has 0 heterocycles. The lowest BCUT2D eigenvalue weighted by Gasteiger charge is -2.26. The Morgan fingerprint density at radius 2 is 1.89 bits per heavy atom. The first kappa shape index (κ1) is 17.9. The highest BCUT2D eigenvalue weighted by molar-refractivity contribution is 5.80. The Morgan fingerprint density at radius 3 is 2.42 bits per heavy atom. The van der Waals surface area contributed by atoms with Gasteiger partial charge in [-0.1, -0.05) is 13.8 Å². The Hall–Kier alpha value is -1.10. The molecule has 0 bridgehead atoms. The van der Waals surface area contributed by atoms with E-state index in [9.17, 15) is 9.59 Å². The molecule has 0 aliphatic heterocycles. The molecule has 0 spiro atoms. The summed E-state index contributed by atoms with van der Waals surface area (Å²) in [6, 6.07) is 0. The minimum Gasteiger partial charge on any atom is -0.481 e. The van der Waals surface area contributed by atoms with Gasteiger partial charge in [-0.25, -0.2) is 0 Å². The number of aliphatic carboxylic acids is 1. The molecule has 0 atom stereocenters. The molecule has 5 nitrogen and oxygen atoms in total. The van der Waals surface area contributed by atoms with Gasteiger partial charge in [-0.15, -0.1) is 0 Å². The van der Waals surface area contributed by atoms with Crippen LogP contribution in [0.15, 0.2) is 0 Å². The highest BCUT2D eigenvalue weighted by Gasteiger charge is 2.18. The van der Waals surface area contributed by atoms with Gasteiger partial charge < -0.3 is 15.2 Å². The van der Waals surface area contributed by atoms with Crippen LogP contribution in [0, 0.1) is 5.92 Å². The second-order valence-electron chi connectivity index (χ2n) is 5.78. The Labute approximate surface area is 115 Å². The summed E-state index contributed by atoms with van der Waals surface area (Å²) in [5.74, 6) is -0.556. The van der Waals surface area contributed by atoms with Crippen molar-refractivity contribution in [2.24, 2.45) is 5.92 Å². The molecule has 19 heavy (non-hydrogen) atoms. The Balaban J connectivity index is 3.72. The molecular weight excluding hydrogens is 246 g/mol. The predicted octanol–water partition coefficient (Wildman–Crippen LogP) is 2.20. The summed E-state index contributed by atoms with van der Waals surface area (Å²) in [6.07, 6.45) is 1.64. The standard InChI is InChI=1S/C14H27NO4/c1-11(2)7-10-19-14(3,4)8-9-15-12(16)5-6-13(17)18/h11H,5-10H2,1-4H3,(H,15,16)(H,17,18). The zero-order valence-corrected chi connectivity index (χ0v) is 12.5. The first-order valence-electron chi connectivity index (χ1n) is 6.85. The summed E-state index contributed by atoms with van der Waals surface area (Å²) in [5, 5.41) is 11.2. The molecule has 0 aromatic rings. The third-order valence-electron chi connectivity index (χ3n) is 2.80. The number of nitrogens with one attached hydrogen (secondary N) is 1. The fourth-order valence-corrected chi connectivity index (χ4v) is 1.45. The van der Waals surface area contributed by atoms with E-state index in [-0.39, 0.29) is 24.3 Å². The van der Waals surface area contributed by atoms with Gasteiger partial charge in [-0.2, -0.15) is 0 Å². The molecular formula is C14H27NO4. The zero-order chi connectivity index (χ0) is 14.9. The molecule has 0 aliphatic carbocycles. The van der Waals surface area contributed by atoms with Crippen LogP contribution in [-0.4, -0.2) is 35.7 Å². The second kappa shape index (κ2) is 8.91. The number of hydrogen-bond acceptors (Lipinski definition) is 3. The number of amides is 1. The van der Waals surface area contributed by atoms with Crippen LogP contribution >= 0.6 is 0 Å². The monoisotopic (exact) mass is 273 g/mol. The fraction of sp³-hybridized carbons (Fsp3) is 0.857. The Bertz CT molecular complexity index is 287. The van der Waals surface area contributed by atoms with Crippen LogP contribution < -0.4 is 5.32 Å². The lowest BCUT2D eigenvalue weighted by Crippen LogP contribution is -2.33. The van der Waals surface area contributed by atoms with Crippen molar-refractivity contribution in [2.75, 3.05) is 13.2 Å². The Kier molecular flexibility index (Phi) is 8.39. The summed E-state index contributed by atoms with van der Waals surface area (Å²) in [6.45, 7) is 9.52. The van der Waals surface area contributed by atoms with Crippen molar-refractivity contribution in [3.63, 3.8) is 0 Å². The van der Waals surface area contributed by atoms with Gasteiger partial charge in [0.15, 0.2) is 0 Å². The third-order valence-corrected chi connectivity index (χ3v) is 2.80. The summed E-state index contributed by atoms with van der Waals surface area (Å²) in [4.78, 5) is 21.6. The molecule has 0 aromatic heterocycles. The van der Waals surface area contributed by atoms with E-state index in [2.05, 4.69) is 19.2 Å². The molecule has 0 saturated heterocycles. The van der Waals surface area contributed by atoms with Gasteiger partial charge in [0.05, 0.1) is 12.0 Å². The van der Waals surface area contributed by atoms with Crippen molar-refractivity contribution < 1.29 is 19.4 Å². The van der Waals surface area contributed by atoms with Gasteiger partial charge in [0.2, 0.25) is 5.91 Å². The van der Waals surface area contributed by atoms with E-state index in [1.807, 2.05) is 13.8 Å². The molecule has 2 N–H and O–H groups in total. The highest BCUT2D eigenvalue weighted by atomic mass is 16.5. The van der Waals surface area contributed by atoms with Gasteiger partial charge in [-0.05, 0) is 32.6 Å². The largest absolute Gasteiger partial charge is 0.481 e. The summed E-state index contributed by atoms with van der Waals surface area (Å²) < 4.78 is 5.77. The average Bonchev–Trinajstić information content (AvgIpc) is 2.25. The molecule has 5 heteroatoms. The van der Waals surface area contributed by atoms with Crippen molar-refractivity contribution >= 4 is 11.9 Å². The smallest absolute Gasteiger partial charge is 0.303 e. The lowest BCUT2D eigenvalue weighted by atomic mass is 10.0. The molecule has 0 aliphatic rings. The lowest BCUT2D eigenvalue weighted by molar-refractivity contribution is -0.138. The molecule has 0 rings (SSSR count). The van der Waals surface area contributed by atoms with Gasteiger partial charge in [0, 0.05) is 19.6 Å². The average molecular weight is 273 g/mol. The van der Waals surface area contributed by atoms with E-state index in [4.69, 9.17) is 9.84 Å². The van der Waals surface area contributed by atoms with E-state index in [0.717, 1.165) is 13.0 Å². The van der Waals surface area contributed by atoms with E-state index < -0.39 is 5.97 Å². The van der Waals surface area contributed by atoms with Gasteiger partial charge >= 0.3 is 5.97 Å². The summed E-state index contributed by atoms with van der Waals surface area (Å²) in [5.41, 5.74) is -0.269. The number of hydrogen-bond donors (Lipinski definition) is 2. The van der Waals surface area contributed by atoms with Gasteiger partial charge in [-0.3, -0.25) is 9.59 Å². The van der Waals surface area contributed by atoms with E-state index in [0.29, 0.717) is 18.9 Å². The maximum atomic E-state index is 11.3.